The summed E-state index contributed by atoms with van der Waals surface area (Å²) in [6.07, 6.45) is 0. The van der Waals surface area contributed by atoms with Gasteiger partial charge in [-0.15, -0.1) is 0 Å². The fourth-order valence-electron chi connectivity index (χ4n) is 3.52. The first kappa shape index (κ1) is 22.4. The maximum absolute atomic E-state index is 13.5. The minimum Gasteiger partial charge on any atom is -0.497 e. The number of ether oxygens (including phenoxy) is 2. The van der Waals surface area contributed by atoms with Crippen molar-refractivity contribution in [3.05, 3.63) is 94.4 Å². The topological polar surface area (TPSA) is 67.9 Å². The van der Waals surface area contributed by atoms with Gasteiger partial charge in [-0.05, 0) is 35.4 Å². The molecule has 0 aromatic heterocycles. The molecule has 1 heterocycles. The summed E-state index contributed by atoms with van der Waals surface area (Å²) >= 11 is 5.95. The van der Waals surface area contributed by atoms with E-state index in [1.165, 1.54) is 38.5 Å². The molecule has 0 saturated heterocycles. The van der Waals surface area contributed by atoms with Gasteiger partial charge in [-0.3, -0.25) is 14.5 Å². The first-order valence-electron chi connectivity index (χ1n) is 10.0. The van der Waals surface area contributed by atoms with Gasteiger partial charge < -0.3 is 14.8 Å². The molecule has 0 unspecified atom stereocenters. The number of rotatable bonds is 7. The van der Waals surface area contributed by atoms with Crippen LogP contribution in [0.1, 0.15) is 11.1 Å². The molecule has 4 rings (SSSR count). The summed E-state index contributed by atoms with van der Waals surface area (Å²) in [4.78, 5) is 27.9. The predicted molar refractivity (Wildman–Crippen MR) is 123 cm³/mol. The lowest BCUT2D eigenvalue weighted by molar-refractivity contribution is -0.137. The lowest BCUT2D eigenvalue weighted by atomic mass is 10.0. The molecule has 0 aliphatic carbocycles. The van der Waals surface area contributed by atoms with Crippen LogP contribution in [0.2, 0.25) is 5.02 Å². The second-order valence-corrected chi connectivity index (χ2v) is 7.74. The summed E-state index contributed by atoms with van der Waals surface area (Å²) in [7, 11) is 3.03. The van der Waals surface area contributed by atoms with Crippen molar-refractivity contribution in [2.45, 2.75) is 6.54 Å². The highest BCUT2D eigenvalue weighted by molar-refractivity contribution is 6.36. The van der Waals surface area contributed by atoms with Crippen molar-refractivity contribution < 1.29 is 23.5 Å². The molecule has 0 bridgehead atoms. The van der Waals surface area contributed by atoms with Gasteiger partial charge in [0.1, 0.15) is 23.0 Å². The van der Waals surface area contributed by atoms with Gasteiger partial charge in [0.15, 0.2) is 0 Å². The van der Waals surface area contributed by atoms with Gasteiger partial charge in [0.25, 0.3) is 11.8 Å². The van der Waals surface area contributed by atoms with E-state index >= 15 is 0 Å². The maximum atomic E-state index is 13.5. The number of imide groups is 1. The molecule has 0 fully saturated rings. The van der Waals surface area contributed by atoms with Gasteiger partial charge in [0, 0.05) is 28.9 Å². The monoisotopic (exact) mass is 466 g/mol. The van der Waals surface area contributed by atoms with E-state index in [4.69, 9.17) is 21.1 Å². The molecular weight excluding hydrogens is 447 g/mol. The van der Waals surface area contributed by atoms with Gasteiger partial charge in [0.05, 0.1) is 26.3 Å². The van der Waals surface area contributed by atoms with Gasteiger partial charge >= 0.3 is 0 Å². The van der Waals surface area contributed by atoms with Crippen molar-refractivity contribution in [2.24, 2.45) is 0 Å². The zero-order valence-corrected chi connectivity index (χ0v) is 18.7. The number of amides is 2. The molecule has 0 atom stereocenters. The van der Waals surface area contributed by atoms with E-state index in [-0.39, 0.29) is 17.8 Å². The minimum atomic E-state index is -0.504. The number of methoxy groups -OCH3 is 2. The van der Waals surface area contributed by atoms with Crippen molar-refractivity contribution in [2.75, 3.05) is 19.5 Å². The summed E-state index contributed by atoms with van der Waals surface area (Å²) in [6.45, 7) is 0.0616. The highest BCUT2D eigenvalue weighted by atomic mass is 35.5. The molecule has 1 aliphatic heterocycles. The van der Waals surface area contributed by atoms with Crippen LogP contribution in [0.4, 0.5) is 10.1 Å². The summed E-state index contributed by atoms with van der Waals surface area (Å²) in [5.74, 6) is -0.415. The second kappa shape index (κ2) is 9.34. The van der Waals surface area contributed by atoms with Gasteiger partial charge in [-0.25, -0.2) is 4.39 Å². The quantitative estimate of drug-likeness (QED) is 0.502. The average Bonchev–Trinajstić information content (AvgIpc) is 3.05. The highest BCUT2D eigenvalue weighted by Crippen LogP contribution is 2.34. The normalized spacial score (nSPS) is 13.5. The van der Waals surface area contributed by atoms with Crippen molar-refractivity contribution in [3.8, 4) is 11.5 Å². The minimum absolute atomic E-state index is 0.0616. The Hall–Kier alpha value is -3.84. The van der Waals surface area contributed by atoms with E-state index in [2.05, 4.69) is 5.32 Å². The van der Waals surface area contributed by atoms with E-state index < -0.39 is 17.6 Å². The fourth-order valence-corrected chi connectivity index (χ4v) is 3.64. The van der Waals surface area contributed by atoms with Crippen LogP contribution in [-0.4, -0.2) is 30.9 Å². The molecule has 168 valence electrons. The molecule has 3 aromatic rings. The first-order valence-corrected chi connectivity index (χ1v) is 10.4. The smallest absolute Gasteiger partial charge is 0.278 e. The largest absolute Gasteiger partial charge is 0.497 e. The molecule has 8 heteroatoms. The number of carbonyl (C=O) groups excluding carboxylic acids is 2. The lowest BCUT2D eigenvalue weighted by Gasteiger charge is -2.16. The number of nitrogens with zero attached hydrogens (tertiary/aromatic N) is 1. The Labute approximate surface area is 195 Å². The van der Waals surface area contributed by atoms with Crippen molar-refractivity contribution in [1.29, 1.82) is 0 Å². The number of carbonyl (C=O) groups is 2. The molecule has 0 saturated carbocycles. The Morgan fingerprint density at radius 1 is 0.879 bits per heavy atom. The third-order valence-corrected chi connectivity index (χ3v) is 5.43. The standard InChI is InChI=1S/C25H20ClFN2O4/c1-32-20-11-19(12-21(13-20)33-2)28-23-22(16-5-9-18(27)10-6-16)24(30)29(25(23)31)14-15-3-7-17(26)8-4-15/h3-13,28H,14H2,1-2H3. The second-order valence-electron chi connectivity index (χ2n) is 7.31. The Morgan fingerprint density at radius 3 is 2.06 bits per heavy atom. The van der Waals surface area contributed by atoms with Gasteiger partial charge in [-0.2, -0.15) is 0 Å². The van der Waals surface area contributed by atoms with Gasteiger partial charge in [0.2, 0.25) is 0 Å². The number of hydrogen-bond acceptors (Lipinski definition) is 5. The number of hydrogen-bond donors (Lipinski definition) is 1. The molecular formula is C25H20ClFN2O4. The lowest BCUT2D eigenvalue weighted by Crippen LogP contribution is -2.32. The maximum Gasteiger partial charge on any atom is 0.278 e. The van der Waals surface area contributed by atoms with Crippen LogP contribution in [0.25, 0.3) is 5.57 Å². The third kappa shape index (κ3) is 4.68. The van der Waals surface area contributed by atoms with E-state index in [1.807, 2.05) is 0 Å². The van der Waals surface area contributed by atoms with Crippen molar-refractivity contribution >= 4 is 34.7 Å². The number of benzene rings is 3. The molecule has 6 nitrogen and oxygen atoms in total. The summed E-state index contributed by atoms with van der Waals surface area (Å²) in [6, 6.07) is 17.4. The van der Waals surface area contributed by atoms with E-state index in [9.17, 15) is 14.0 Å². The van der Waals surface area contributed by atoms with Crippen LogP contribution < -0.4 is 14.8 Å². The van der Waals surface area contributed by atoms with Crippen LogP contribution in [0.3, 0.4) is 0 Å². The van der Waals surface area contributed by atoms with Crippen molar-refractivity contribution in [1.82, 2.24) is 4.90 Å². The highest BCUT2D eigenvalue weighted by Gasteiger charge is 2.39. The van der Waals surface area contributed by atoms with Crippen molar-refractivity contribution in [3.63, 3.8) is 0 Å². The Balaban J connectivity index is 1.75. The number of anilines is 1. The summed E-state index contributed by atoms with van der Waals surface area (Å²) < 4.78 is 24.1. The van der Waals surface area contributed by atoms with E-state index in [1.54, 1.807) is 42.5 Å². The van der Waals surface area contributed by atoms with Crippen LogP contribution in [0.5, 0.6) is 11.5 Å². The van der Waals surface area contributed by atoms with Gasteiger partial charge in [-0.1, -0.05) is 35.9 Å². The molecule has 1 N–H and O–H groups in total. The zero-order valence-electron chi connectivity index (χ0n) is 17.9. The van der Waals surface area contributed by atoms with Crippen LogP contribution >= 0.6 is 11.6 Å². The Morgan fingerprint density at radius 2 is 1.48 bits per heavy atom. The van der Waals surface area contributed by atoms with E-state index in [0.29, 0.717) is 27.8 Å². The fraction of sp³-hybridized carbons (Fsp3) is 0.120. The molecule has 3 aromatic carbocycles. The Bertz CT molecular complexity index is 1220. The molecule has 2 amide bonds. The van der Waals surface area contributed by atoms with Crippen LogP contribution in [0, 0.1) is 5.82 Å². The zero-order chi connectivity index (χ0) is 23.5. The SMILES string of the molecule is COc1cc(NC2=C(c3ccc(F)cc3)C(=O)N(Cc3ccc(Cl)cc3)C2=O)cc(OC)c1. The summed E-state index contributed by atoms with van der Waals surface area (Å²) in [5.41, 5.74) is 1.89. The van der Waals surface area contributed by atoms with Crippen LogP contribution in [-0.2, 0) is 16.1 Å². The third-order valence-electron chi connectivity index (χ3n) is 5.18. The number of halogens is 2. The van der Waals surface area contributed by atoms with E-state index in [0.717, 1.165) is 10.5 Å². The molecule has 1 aliphatic rings. The average molecular weight is 467 g/mol. The van der Waals surface area contributed by atoms with Crippen LogP contribution in [0.15, 0.2) is 72.4 Å². The summed E-state index contributed by atoms with van der Waals surface area (Å²) in [5, 5.41) is 3.60. The molecule has 0 spiro atoms. The number of nitrogens with one attached hydrogen (secondary N) is 1. The first-order chi connectivity index (χ1) is 15.9. The molecule has 33 heavy (non-hydrogen) atoms. The Kier molecular flexibility index (Phi) is 6.33. The predicted octanol–water partition coefficient (Wildman–Crippen LogP) is 4.89. The molecule has 0 radical (unpaired) electrons.